The number of nitrogens with one attached hydrogen (secondary N) is 1. The largest absolute Gasteiger partial charge is 0.493 e. The molecule has 0 bridgehead atoms. The number of hydrogen-bond donors (Lipinski definition) is 1. The molecule has 0 aromatic heterocycles. The van der Waals surface area contributed by atoms with E-state index in [0.29, 0.717) is 5.69 Å². The summed E-state index contributed by atoms with van der Waals surface area (Å²) in [5.74, 6) is -0.210. The first-order valence-corrected chi connectivity index (χ1v) is 5.24. The van der Waals surface area contributed by atoms with Crippen LogP contribution in [0.1, 0.15) is 18.9 Å². The normalized spacial score (nSPS) is 13.6. The molecule has 0 aliphatic carbocycles. The molecule has 2 rings (SSSR count). The predicted molar refractivity (Wildman–Crippen MR) is 59.6 cm³/mol. The number of aryl methyl sites for hydroxylation is 1. The van der Waals surface area contributed by atoms with Gasteiger partial charge in [-0.3, -0.25) is 9.59 Å². The molecule has 0 unspecified atom stereocenters. The monoisotopic (exact) mass is 219 g/mol. The number of amides is 1. The van der Waals surface area contributed by atoms with Crippen molar-refractivity contribution in [2.45, 2.75) is 19.8 Å². The lowest BCUT2D eigenvalue weighted by Crippen LogP contribution is -2.20. The van der Waals surface area contributed by atoms with Gasteiger partial charge in [-0.1, -0.05) is 0 Å². The van der Waals surface area contributed by atoms with Gasteiger partial charge < -0.3 is 10.1 Å². The highest BCUT2D eigenvalue weighted by molar-refractivity contribution is 6.39. The van der Waals surface area contributed by atoms with Crippen LogP contribution < -0.4 is 10.1 Å². The van der Waals surface area contributed by atoms with Crippen molar-refractivity contribution < 1.29 is 14.3 Å². The summed E-state index contributed by atoms with van der Waals surface area (Å²) in [4.78, 5) is 22.0. The van der Waals surface area contributed by atoms with Gasteiger partial charge in [-0.15, -0.1) is 0 Å². The summed E-state index contributed by atoms with van der Waals surface area (Å²) >= 11 is 0. The Morgan fingerprint density at radius 1 is 1.38 bits per heavy atom. The Morgan fingerprint density at radius 2 is 2.19 bits per heavy atom. The third kappa shape index (κ3) is 2.21. The molecule has 1 aliphatic rings. The lowest BCUT2D eigenvalue weighted by molar-refractivity contribution is -0.133. The van der Waals surface area contributed by atoms with Gasteiger partial charge in [-0.25, -0.2) is 0 Å². The predicted octanol–water partition coefficient (Wildman–Crippen LogP) is 1.54. The number of carbonyl (C=O) groups is 2. The van der Waals surface area contributed by atoms with E-state index >= 15 is 0 Å². The molecule has 84 valence electrons. The Labute approximate surface area is 93.6 Å². The zero-order valence-electron chi connectivity index (χ0n) is 9.08. The number of ether oxygens (including phenoxy) is 1. The third-order valence-corrected chi connectivity index (χ3v) is 2.49. The highest BCUT2D eigenvalue weighted by atomic mass is 16.5. The number of fused-ring (bicyclic) bond motifs is 1. The Balaban J connectivity index is 2.17. The molecule has 1 amide bonds. The molecule has 1 aliphatic heterocycles. The molecular formula is C12H13NO3. The number of anilines is 1. The first kappa shape index (κ1) is 10.7. The van der Waals surface area contributed by atoms with Crippen molar-refractivity contribution in [2.24, 2.45) is 0 Å². The maximum absolute atomic E-state index is 11.2. The Morgan fingerprint density at radius 3 is 2.94 bits per heavy atom. The minimum absolute atomic E-state index is 0.492. The van der Waals surface area contributed by atoms with Crippen LogP contribution in [-0.4, -0.2) is 18.3 Å². The van der Waals surface area contributed by atoms with E-state index in [-0.39, 0.29) is 0 Å². The van der Waals surface area contributed by atoms with Gasteiger partial charge in [0.2, 0.25) is 5.78 Å². The topological polar surface area (TPSA) is 55.4 Å². The van der Waals surface area contributed by atoms with E-state index < -0.39 is 11.7 Å². The van der Waals surface area contributed by atoms with Crippen LogP contribution in [0.25, 0.3) is 0 Å². The molecule has 0 fully saturated rings. The minimum Gasteiger partial charge on any atom is -0.493 e. The summed E-state index contributed by atoms with van der Waals surface area (Å²) in [6.45, 7) is 1.99. The highest BCUT2D eigenvalue weighted by Crippen LogP contribution is 2.27. The molecule has 0 saturated heterocycles. The van der Waals surface area contributed by atoms with Crippen LogP contribution in [0.15, 0.2) is 18.2 Å². The van der Waals surface area contributed by atoms with E-state index in [1.54, 1.807) is 6.07 Å². The number of carbonyl (C=O) groups excluding carboxylic acids is 2. The minimum atomic E-state index is -0.586. The van der Waals surface area contributed by atoms with Crippen molar-refractivity contribution in [3.63, 3.8) is 0 Å². The first-order valence-electron chi connectivity index (χ1n) is 5.24. The molecule has 4 nitrogen and oxygen atoms in total. The number of hydrogen-bond acceptors (Lipinski definition) is 3. The molecule has 0 saturated carbocycles. The highest BCUT2D eigenvalue weighted by Gasteiger charge is 2.12. The van der Waals surface area contributed by atoms with Gasteiger partial charge in [0.05, 0.1) is 6.61 Å². The molecule has 0 radical (unpaired) electrons. The summed E-state index contributed by atoms with van der Waals surface area (Å²) < 4.78 is 5.45. The average Bonchev–Trinajstić information content (AvgIpc) is 2.28. The SMILES string of the molecule is CC(=O)C(=O)Nc1ccc2c(c1)CCCO2. The molecule has 1 heterocycles. The quantitative estimate of drug-likeness (QED) is 0.767. The zero-order valence-corrected chi connectivity index (χ0v) is 9.08. The van der Waals surface area contributed by atoms with Crippen molar-refractivity contribution in [2.75, 3.05) is 11.9 Å². The van der Waals surface area contributed by atoms with Crippen LogP contribution in [0, 0.1) is 0 Å². The molecular weight excluding hydrogens is 206 g/mol. The van der Waals surface area contributed by atoms with E-state index in [4.69, 9.17) is 4.74 Å². The van der Waals surface area contributed by atoms with E-state index in [0.717, 1.165) is 30.8 Å². The number of ketones is 1. The lowest BCUT2D eigenvalue weighted by atomic mass is 10.1. The van der Waals surface area contributed by atoms with E-state index in [1.807, 2.05) is 12.1 Å². The van der Waals surface area contributed by atoms with Crippen LogP contribution in [0.2, 0.25) is 0 Å². The second-order valence-corrected chi connectivity index (χ2v) is 3.78. The van der Waals surface area contributed by atoms with E-state index in [9.17, 15) is 9.59 Å². The zero-order chi connectivity index (χ0) is 11.5. The molecule has 1 N–H and O–H groups in total. The van der Waals surface area contributed by atoms with Crippen molar-refractivity contribution >= 4 is 17.4 Å². The smallest absolute Gasteiger partial charge is 0.291 e. The van der Waals surface area contributed by atoms with Crippen molar-refractivity contribution in [1.82, 2.24) is 0 Å². The number of benzene rings is 1. The average molecular weight is 219 g/mol. The standard InChI is InChI=1S/C12H13NO3/c1-8(14)12(15)13-10-4-5-11-9(7-10)3-2-6-16-11/h4-5,7H,2-3,6H2,1H3,(H,13,15). The molecule has 0 atom stereocenters. The van der Waals surface area contributed by atoms with Gasteiger partial charge in [0.15, 0.2) is 0 Å². The summed E-state index contributed by atoms with van der Waals surface area (Å²) in [6.07, 6.45) is 1.93. The van der Waals surface area contributed by atoms with Crippen LogP contribution in [0.5, 0.6) is 5.75 Å². The van der Waals surface area contributed by atoms with Crippen LogP contribution in [0.4, 0.5) is 5.69 Å². The van der Waals surface area contributed by atoms with Crippen LogP contribution >= 0.6 is 0 Å². The second kappa shape index (κ2) is 4.35. The number of Topliss-reactive ketones (excluding diaryl/α,β-unsaturated/α-hetero) is 1. The van der Waals surface area contributed by atoms with Gasteiger partial charge >= 0.3 is 0 Å². The van der Waals surface area contributed by atoms with Gasteiger partial charge in [-0.05, 0) is 36.6 Å². The second-order valence-electron chi connectivity index (χ2n) is 3.78. The van der Waals surface area contributed by atoms with Gasteiger partial charge in [0.1, 0.15) is 5.75 Å². The molecule has 16 heavy (non-hydrogen) atoms. The van der Waals surface area contributed by atoms with Crippen molar-refractivity contribution in [3.05, 3.63) is 23.8 Å². The third-order valence-electron chi connectivity index (χ3n) is 2.49. The molecule has 4 heteroatoms. The molecule has 0 spiro atoms. The first-order chi connectivity index (χ1) is 7.66. The van der Waals surface area contributed by atoms with Crippen LogP contribution in [0.3, 0.4) is 0 Å². The van der Waals surface area contributed by atoms with Gasteiger partial charge in [0, 0.05) is 12.6 Å². The molecule has 1 aromatic rings. The summed E-state index contributed by atoms with van der Waals surface area (Å²) in [5.41, 5.74) is 1.72. The van der Waals surface area contributed by atoms with E-state index in [2.05, 4.69) is 5.32 Å². The Hall–Kier alpha value is -1.84. The number of rotatable bonds is 2. The summed E-state index contributed by atoms with van der Waals surface area (Å²) in [6, 6.07) is 5.42. The Bertz CT molecular complexity index is 440. The van der Waals surface area contributed by atoms with Crippen LogP contribution in [-0.2, 0) is 16.0 Å². The fourth-order valence-electron chi connectivity index (χ4n) is 1.66. The maximum Gasteiger partial charge on any atom is 0.291 e. The van der Waals surface area contributed by atoms with E-state index in [1.165, 1.54) is 6.92 Å². The van der Waals surface area contributed by atoms with Gasteiger partial charge in [0.25, 0.3) is 5.91 Å². The lowest BCUT2D eigenvalue weighted by Gasteiger charge is -2.17. The van der Waals surface area contributed by atoms with Crippen molar-refractivity contribution in [1.29, 1.82) is 0 Å². The molecule has 1 aromatic carbocycles. The summed E-state index contributed by atoms with van der Waals surface area (Å²) in [7, 11) is 0. The van der Waals surface area contributed by atoms with Gasteiger partial charge in [-0.2, -0.15) is 0 Å². The fraction of sp³-hybridized carbons (Fsp3) is 0.333. The summed E-state index contributed by atoms with van der Waals surface area (Å²) in [5, 5.41) is 2.55. The maximum atomic E-state index is 11.2. The Kier molecular flexibility index (Phi) is 2.90. The van der Waals surface area contributed by atoms with Crippen molar-refractivity contribution in [3.8, 4) is 5.75 Å². The fourth-order valence-corrected chi connectivity index (χ4v) is 1.66.